The molecule has 52 heavy (non-hydrogen) atoms. The molecule has 4 rings (SSSR count). The Morgan fingerprint density at radius 1 is 0.654 bits per heavy atom. The fourth-order valence-corrected chi connectivity index (χ4v) is 12.2. The van der Waals surface area contributed by atoms with Crippen molar-refractivity contribution in [1.82, 2.24) is 5.32 Å². The van der Waals surface area contributed by atoms with E-state index < -0.39 is 0 Å². The van der Waals surface area contributed by atoms with Gasteiger partial charge in [0.2, 0.25) is 0 Å². The summed E-state index contributed by atoms with van der Waals surface area (Å²) < 4.78 is 20.4. The lowest BCUT2D eigenvalue weighted by Crippen LogP contribution is -2.63. The lowest BCUT2D eigenvalue weighted by Gasteiger charge is -2.65. The first kappa shape index (κ1) is 44.4. The van der Waals surface area contributed by atoms with Gasteiger partial charge in [0.1, 0.15) is 0 Å². The predicted molar refractivity (Wildman–Crippen MR) is 219 cm³/mol. The van der Waals surface area contributed by atoms with Gasteiger partial charge in [0.15, 0.2) is 0 Å². The molecule has 4 aliphatic carbocycles. The maximum Gasteiger partial charge on any atom is 0.0637 e. The Balaban J connectivity index is 1.36. The maximum absolute atomic E-state index is 7.06. The van der Waals surface area contributed by atoms with Crippen LogP contribution in [-0.4, -0.2) is 70.9 Å². The van der Waals surface area contributed by atoms with E-state index in [0.717, 1.165) is 52.0 Å². The monoisotopic (exact) mass is 733 g/mol. The van der Waals surface area contributed by atoms with Crippen LogP contribution in [0.3, 0.4) is 0 Å². The molecule has 4 saturated carbocycles. The molecule has 4 aliphatic rings. The molecule has 7 N–H and O–H groups in total. The van der Waals surface area contributed by atoms with E-state index >= 15 is 0 Å². The van der Waals surface area contributed by atoms with Crippen molar-refractivity contribution in [2.24, 2.45) is 63.5 Å². The Morgan fingerprint density at radius 3 is 1.94 bits per heavy atom. The van der Waals surface area contributed by atoms with Gasteiger partial charge < -0.3 is 36.7 Å². The van der Waals surface area contributed by atoms with Gasteiger partial charge in [-0.05, 0) is 157 Å². The second-order valence-corrected chi connectivity index (χ2v) is 18.5. The van der Waals surface area contributed by atoms with Crippen LogP contribution in [0.1, 0.15) is 169 Å². The molecule has 306 valence electrons. The van der Waals surface area contributed by atoms with Crippen molar-refractivity contribution < 1.29 is 14.2 Å². The molecular weight excluding hydrogens is 645 g/mol. The van der Waals surface area contributed by atoms with E-state index in [1.807, 2.05) is 0 Å². The van der Waals surface area contributed by atoms with Crippen LogP contribution in [0.25, 0.3) is 0 Å². The largest absolute Gasteiger partial charge is 0.378 e. The van der Waals surface area contributed by atoms with Gasteiger partial charge in [0.05, 0.1) is 18.3 Å². The van der Waals surface area contributed by atoms with Gasteiger partial charge in [0.25, 0.3) is 0 Å². The van der Waals surface area contributed by atoms with Crippen molar-refractivity contribution in [3.63, 3.8) is 0 Å². The number of nitrogens with one attached hydrogen (secondary N) is 1. The molecule has 0 bridgehead atoms. The Kier molecular flexibility index (Phi) is 20.3. The molecule has 0 aromatic carbocycles. The molecule has 7 nitrogen and oxygen atoms in total. The second kappa shape index (κ2) is 23.7. The van der Waals surface area contributed by atoms with E-state index in [2.05, 4.69) is 33.0 Å². The number of ether oxygens (including phenoxy) is 3. The number of fused-ring (bicyclic) bond motifs is 5. The van der Waals surface area contributed by atoms with Gasteiger partial charge in [-0.2, -0.15) is 0 Å². The zero-order valence-corrected chi connectivity index (χ0v) is 34.9. The third kappa shape index (κ3) is 11.9. The van der Waals surface area contributed by atoms with Crippen LogP contribution < -0.4 is 22.5 Å². The molecule has 0 aromatic rings. The van der Waals surface area contributed by atoms with Crippen molar-refractivity contribution >= 4 is 0 Å². The summed E-state index contributed by atoms with van der Waals surface area (Å²) in [7, 11) is 0. The molecule has 2 unspecified atom stereocenters. The van der Waals surface area contributed by atoms with Crippen LogP contribution in [0.2, 0.25) is 0 Å². The molecule has 0 spiro atoms. The van der Waals surface area contributed by atoms with Crippen LogP contribution in [0.15, 0.2) is 0 Å². The topological polar surface area (TPSA) is 118 Å². The minimum atomic E-state index is 0.180. The lowest BCUT2D eigenvalue weighted by molar-refractivity contribution is -0.227. The number of unbranched alkanes of at least 4 members (excludes halogenated alkanes) is 9. The third-order valence-corrected chi connectivity index (χ3v) is 15.2. The SMILES string of the molecule is CCCCCCCCCCCCNCCC[C@@H](C)[C@H]1CC[C@H]2C3[C@H](OCCCN)CC4C[C@H](OCCCN)CC[C@]4(C)[C@H]3C[C@H](OCCCN)[C@]12C. The van der Waals surface area contributed by atoms with Crippen molar-refractivity contribution in [1.29, 1.82) is 0 Å². The summed E-state index contributed by atoms with van der Waals surface area (Å²) in [4.78, 5) is 0. The first-order valence-corrected chi connectivity index (χ1v) is 23.0. The molecule has 0 saturated heterocycles. The molecule has 0 aromatic heterocycles. The summed E-state index contributed by atoms with van der Waals surface area (Å²) in [5, 5.41) is 3.80. The van der Waals surface area contributed by atoms with Gasteiger partial charge >= 0.3 is 0 Å². The van der Waals surface area contributed by atoms with Gasteiger partial charge in [-0.1, -0.05) is 85.5 Å². The predicted octanol–water partition coefficient (Wildman–Crippen LogP) is 8.99. The highest BCUT2D eigenvalue weighted by Crippen LogP contribution is 2.69. The summed E-state index contributed by atoms with van der Waals surface area (Å²) in [6.45, 7) is 17.0. The zero-order valence-electron chi connectivity index (χ0n) is 34.9. The molecule has 7 heteroatoms. The molecule has 0 aliphatic heterocycles. The van der Waals surface area contributed by atoms with E-state index in [9.17, 15) is 0 Å². The summed E-state index contributed by atoms with van der Waals surface area (Å²) in [6, 6.07) is 0. The van der Waals surface area contributed by atoms with Gasteiger partial charge in [0, 0.05) is 25.2 Å². The number of nitrogens with two attached hydrogens (primary N) is 3. The summed E-state index contributed by atoms with van der Waals surface area (Å²) in [5.74, 6) is 3.92. The molecule has 11 atom stereocenters. The van der Waals surface area contributed by atoms with Gasteiger partial charge in [-0.15, -0.1) is 0 Å². The van der Waals surface area contributed by atoms with Gasteiger partial charge in [-0.25, -0.2) is 0 Å². The molecule has 0 heterocycles. The van der Waals surface area contributed by atoms with E-state index in [4.69, 9.17) is 31.4 Å². The van der Waals surface area contributed by atoms with E-state index in [1.54, 1.807) is 0 Å². The van der Waals surface area contributed by atoms with Crippen LogP contribution in [-0.2, 0) is 14.2 Å². The van der Waals surface area contributed by atoms with Crippen molar-refractivity contribution in [3.8, 4) is 0 Å². The summed E-state index contributed by atoms with van der Waals surface area (Å²) >= 11 is 0. The average molecular weight is 733 g/mol. The number of hydrogen-bond acceptors (Lipinski definition) is 7. The zero-order chi connectivity index (χ0) is 37.2. The first-order chi connectivity index (χ1) is 25.3. The van der Waals surface area contributed by atoms with E-state index in [-0.39, 0.29) is 5.41 Å². The van der Waals surface area contributed by atoms with Crippen LogP contribution in [0.5, 0.6) is 0 Å². The Morgan fingerprint density at radius 2 is 1.27 bits per heavy atom. The van der Waals surface area contributed by atoms with Crippen LogP contribution >= 0.6 is 0 Å². The van der Waals surface area contributed by atoms with E-state index in [1.165, 1.54) is 122 Å². The number of rotatable bonds is 28. The van der Waals surface area contributed by atoms with Crippen molar-refractivity contribution in [2.75, 3.05) is 52.5 Å². The maximum atomic E-state index is 7.06. The standard InChI is InChI=1S/C45H88N4O3/c1-5-6-7-8-9-10-11-12-13-14-27-49-28-15-19-35(2)38-20-21-39-43-40(34-42(45(38,39)4)52-31-18-26-48)44(3)23-22-37(50-29-16-24-46)32-36(44)33-41(43)51-30-17-25-47/h35-43,49H,5-34,46-48H2,1-4H3/t35-,36?,37-,38-,39+,40+,41-,42+,43?,44+,45-/m1/s1. The molecular formula is C45H88N4O3. The molecule has 4 fully saturated rings. The summed E-state index contributed by atoms with van der Waals surface area (Å²) in [5.41, 5.74) is 18.3. The fourth-order valence-electron chi connectivity index (χ4n) is 12.2. The minimum Gasteiger partial charge on any atom is -0.378 e. The highest BCUT2D eigenvalue weighted by Gasteiger charge is 2.66. The highest BCUT2D eigenvalue weighted by atomic mass is 16.5. The van der Waals surface area contributed by atoms with Crippen molar-refractivity contribution in [2.45, 2.75) is 187 Å². The quantitative estimate of drug-likeness (QED) is 0.0594. The summed E-state index contributed by atoms with van der Waals surface area (Å²) in [6.07, 6.45) is 29.1. The fraction of sp³-hybridized carbons (Fsp3) is 1.00. The molecule has 0 radical (unpaired) electrons. The highest BCUT2D eigenvalue weighted by molar-refractivity contribution is 5.15. The minimum absolute atomic E-state index is 0.180. The second-order valence-electron chi connectivity index (χ2n) is 18.5. The smallest absolute Gasteiger partial charge is 0.0637 e. The Labute approximate surface area is 322 Å². The lowest BCUT2D eigenvalue weighted by atomic mass is 9.43. The Hall–Kier alpha value is -0.280. The van der Waals surface area contributed by atoms with Crippen LogP contribution in [0, 0.1) is 46.3 Å². The van der Waals surface area contributed by atoms with Gasteiger partial charge in [-0.3, -0.25) is 0 Å². The van der Waals surface area contributed by atoms with Crippen LogP contribution in [0.4, 0.5) is 0 Å². The number of hydrogen-bond donors (Lipinski definition) is 4. The van der Waals surface area contributed by atoms with Crippen molar-refractivity contribution in [3.05, 3.63) is 0 Å². The normalized spacial score (nSPS) is 34.9. The average Bonchev–Trinajstić information content (AvgIpc) is 3.50. The van der Waals surface area contributed by atoms with E-state index in [0.29, 0.717) is 78.9 Å². The first-order valence-electron chi connectivity index (χ1n) is 23.0. The molecule has 0 amide bonds. The third-order valence-electron chi connectivity index (χ3n) is 15.2. The Bertz CT molecular complexity index is 940.